The van der Waals surface area contributed by atoms with E-state index in [1.807, 2.05) is 12.1 Å². The van der Waals surface area contributed by atoms with E-state index in [0.29, 0.717) is 5.56 Å². The summed E-state index contributed by atoms with van der Waals surface area (Å²) in [4.78, 5) is 11.9. The fourth-order valence-corrected chi connectivity index (χ4v) is 3.39. The molecule has 1 aliphatic rings. The van der Waals surface area contributed by atoms with Crippen LogP contribution in [-0.4, -0.2) is 17.6 Å². The summed E-state index contributed by atoms with van der Waals surface area (Å²) in [6.45, 7) is 1.02. The molecule has 1 aliphatic heterocycles. The molecule has 0 radical (unpaired) electrons. The molecule has 3 nitrogen and oxygen atoms in total. The van der Waals surface area contributed by atoms with Gasteiger partial charge in [-0.05, 0) is 60.7 Å². The predicted octanol–water partition coefficient (Wildman–Crippen LogP) is 3.84. The number of para-hydroxylation sites is 1. The molecule has 0 fully saturated rings. The highest BCUT2D eigenvalue weighted by Crippen LogP contribution is 2.35. The number of aryl methyl sites for hydroxylation is 1. The predicted molar refractivity (Wildman–Crippen MR) is 81.4 cm³/mol. The molecule has 0 unspecified atom stereocenters. The first kappa shape index (κ1) is 13.1. The molecule has 0 aliphatic carbocycles. The molecule has 0 amide bonds. The van der Waals surface area contributed by atoms with Crippen molar-refractivity contribution < 1.29 is 9.90 Å². The van der Waals surface area contributed by atoms with E-state index in [4.69, 9.17) is 5.11 Å². The zero-order chi connectivity index (χ0) is 13.9. The second-order valence-corrected chi connectivity index (χ2v) is 5.85. The lowest BCUT2D eigenvalue weighted by Gasteiger charge is -2.29. The van der Waals surface area contributed by atoms with E-state index in [1.54, 1.807) is 24.1 Å². The van der Waals surface area contributed by atoms with Gasteiger partial charge in [0.1, 0.15) is 0 Å². The average molecular weight is 285 g/mol. The second kappa shape index (κ2) is 5.59. The van der Waals surface area contributed by atoms with Crippen LogP contribution in [0.4, 0.5) is 5.69 Å². The number of carbonyl (C=O) groups is 1. The molecule has 2 aromatic rings. The van der Waals surface area contributed by atoms with E-state index < -0.39 is 5.97 Å². The smallest absolute Gasteiger partial charge is 0.335 e. The van der Waals surface area contributed by atoms with Crippen LogP contribution in [0.15, 0.2) is 53.4 Å². The van der Waals surface area contributed by atoms with E-state index >= 15 is 0 Å². The third-order valence-corrected chi connectivity index (χ3v) is 4.47. The van der Waals surface area contributed by atoms with Crippen LogP contribution in [0.2, 0.25) is 0 Å². The molecule has 102 valence electrons. The molecule has 0 saturated heterocycles. The first-order valence-electron chi connectivity index (χ1n) is 6.61. The number of hydrogen-bond donors (Lipinski definition) is 1. The van der Waals surface area contributed by atoms with E-state index in [2.05, 4.69) is 28.6 Å². The van der Waals surface area contributed by atoms with Gasteiger partial charge in [0.05, 0.1) is 11.3 Å². The van der Waals surface area contributed by atoms with E-state index in [-0.39, 0.29) is 0 Å². The molecule has 0 atom stereocenters. The van der Waals surface area contributed by atoms with Gasteiger partial charge < -0.3 is 9.41 Å². The normalized spacial score (nSPS) is 13.9. The summed E-state index contributed by atoms with van der Waals surface area (Å²) in [5.74, 6) is -0.884. The molecule has 2 aromatic carbocycles. The third-order valence-electron chi connectivity index (χ3n) is 3.38. The van der Waals surface area contributed by atoms with Crippen molar-refractivity contribution in [2.45, 2.75) is 17.7 Å². The lowest BCUT2D eigenvalue weighted by atomic mass is 10.0. The molecule has 0 spiro atoms. The number of fused-ring (bicyclic) bond motifs is 1. The SMILES string of the molecule is O=C(O)c1ccc(SN2CCCc3ccccc32)cc1. The molecule has 1 N–H and O–H groups in total. The first-order chi connectivity index (χ1) is 9.74. The van der Waals surface area contributed by atoms with Crippen molar-refractivity contribution in [3.8, 4) is 0 Å². The van der Waals surface area contributed by atoms with Gasteiger partial charge in [-0.1, -0.05) is 18.2 Å². The number of benzene rings is 2. The van der Waals surface area contributed by atoms with E-state index in [9.17, 15) is 4.79 Å². The minimum atomic E-state index is -0.884. The van der Waals surface area contributed by atoms with Gasteiger partial charge in [-0.15, -0.1) is 0 Å². The molecule has 20 heavy (non-hydrogen) atoms. The minimum Gasteiger partial charge on any atom is -0.478 e. The highest BCUT2D eigenvalue weighted by Gasteiger charge is 2.17. The molecule has 0 bridgehead atoms. The summed E-state index contributed by atoms with van der Waals surface area (Å²) in [6.07, 6.45) is 2.28. The fraction of sp³-hybridized carbons (Fsp3) is 0.188. The van der Waals surface area contributed by atoms with Crippen LogP contribution in [0.1, 0.15) is 22.3 Å². The monoisotopic (exact) mass is 285 g/mol. The number of hydrogen-bond acceptors (Lipinski definition) is 3. The maximum absolute atomic E-state index is 10.8. The Hall–Kier alpha value is -1.94. The van der Waals surface area contributed by atoms with Crippen LogP contribution < -0.4 is 4.31 Å². The van der Waals surface area contributed by atoms with Crippen molar-refractivity contribution in [1.82, 2.24) is 0 Å². The Morgan fingerprint density at radius 3 is 2.60 bits per heavy atom. The van der Waals surface area contributed by atoms with Gasteiger partial charge in [-0.2, -0.15) is 0 Å². The average Bonchev–Trinajstić information content (AvgIpc) is 2.48. The number of carboxylic acids is 1. The first-order valence-corrected chi connectivity index (χ1v) is 7.38. The molecular formula is C16H15NO2S. The number of carboxylic acid groups (broad SMARTS) is 1. The molecule has 0 aromatic heterocycles. The number of anilines is 1. The van der Waals surface area contributed by atoms with Crippen LogP contribution >= 0.6 is 11.9 Å². The number of rotatable bonds is 3. The lowest BCUT2D eigenvalue weighted by Crippen LogP contribution is -2.22. The lowest BCUT2D eigenvalue weighted by molar-refractivity contribution is 0.0697. The largest absolute Gasteiger partial charge is 0.478 e. The van der Waals surface area contributed by atoms with Crippen molar-refractivity contribution >= 4 is 23.6 Å². The fourth-order valence-electron chi connectivity index (χ4n) is 2.38. The quantitative estimate of drug-likeness (QED) is 0.870. The number of aromatic carboxylic acids is 1. The standard InChI is InChI=1S/C16H15NO2S/c18-16(19)13-7-9-14(10-8-13)20-17-11-3-5-12-4-1-2-6-15(12)17/h1-2,4,6-10H,3,5,11H2,(H,18,19). The number of nitrogens with zero attached hydrogens (tertiary/aromatic N) is 1. The summed E-state index contributed by atoms with van der Waals surface area (Å²) in [5, 5.41) is 8.91. The van der Waals surface area contributed by atoms with Crippen LogP contribution in [0.25, 0.3) is 0 Å². The maximum Gasteiger partial charge on any atom is 0.335 e. The van der Waals surface area contributed by atoms with Crippen molar-refractivity contribution in [1.29, 1.82) is 0 Å². The highest BCUT2D eigenvalue weighted by molar-refractivity contribution is 8.00. The molecule has 3 rings (SSSR count). The van der Waals surface area contributed by atoms with Gasteiger partial charge in [0, 0.05) is 11.4 Å². The van der Waals surface area contributed by atoms with Gasteiger partial charge >= 0.3 is 5.97 Å². The summed E-state index contributed by atoms with van der Waals surface area (Å²) in [7, 11) is 0. The van der Waals surface area contributed by atoms with Gasteiger partial charge in [0.15, 0.2) is 0 Å². The van der Waals surface area contributed by atoms with Gasteiger partial charge in [-0.25, -0.2) is 4.79 Å². The van der Waals surface area contributed by atoms with Crippen molar-refractivity contribution in [2.24, 2.45) is 0 Å². The van der Waals surface area contributed by atoms with Crippen molar-refractivity contribution in [2.75, 3.05) is 10.8 Å². The van der Waals surface area contributed by atoms with Gasteiger partial charge in [-0.3, -0.25) is 0 Å². The summed E-state index contributed by atoms with van der Waals surface area (Å²) in [6, 6.07) is 15.5. The van der Waals surface area contributed by atoms with Crippen LogP contribution in [0.3, 0.4) is 0 Å². The van der Waals surface area contributed by atoms with Crippen LogP contribution in [0, 0.1) is 0 Å². The van der Waals surface area contributed by atoms with Gasteiger partial charge in [0.2, 0.25) is 0 Å². The van der Waals surface area contributed by atoms with Crippen LogP contribution in [-0.2, 0) is 6.42 Å². The Bertz CT molecular complexity index is 625. The van der Waals surface area contributed by atoms with Crippen LogP contribution in [0.5, 0.6) is 0 Å². The summed E-state index contributed by atoms with van der Waals surface area (Å²) >= 11 is 1.67. The zero-order valence-corrected chi connectivity index (χ0v) is 11.8. The Kier molecular flexibility index (Phi) is 3.65. The Balaban J connectivity index is 1.80. The Labute approximate surface area is 122 Å². The zero-order valence-electron chi connectivity index (χ0n) is 11.0. The minimum absolute atomic E-state index is 0.327. The Morgan fingerprint density at radius 2 is 1.85 bits per heavy atom. The van der Waals surface area contributed by atoms with E-state index in [0.717, 1.165) is 24.3 Å². The van der Waals surface area contributed by atoms with E-state index in [1.165, 1.54) is 11.3 Å². The molecule has 4 heteroatoms. The van der Waals surface area contributed by atoms with Crippen molar-refractivity contribution in [3.63, 3.8) is 0 Å². The topological polar surface area (TPSA) is 40.5 Å². The molecule has 1 heterocycles. The third kappa shape index (κ3) is 2.65. The van der Waals surface area contributed by atoms with Gasteiger partial charge in [0.25, 0.3) is 0 Å². The summed E-state index contributed by atoms with van der Waals surface area (Å²) in [5.41, 5.74) is 2.98. The second-order valence-electron chi connectivity index (χ2n) is 4.76. The molecule has 0 saturated carbocycles. The Morgan fingerprint density at radius 1 is 1.10 bits per heavy atom. The summed E-state index contributed by atoms with van der Waals surface area (Å²) < 4.78 is 2.29. The van der Waals surface area contributed by atoms with Crippen molar-refractivity contribution in [3.05, 3.63) is 59.7 Å². The molecular weight excluding hydrogens is 270 g/mol. The maximum atomic E-state index is 10.8. The highest BCUT2D eigenvalue weighted by atomic mass is 32.2.